The van der Waals surface area contributed by atoms with E-state index in [-0.39, 0.29) is 6.04 Å². The molecule has 1 aliphatic heterocycles. The van der Waals surface area contributed by atoms with Gasteiger partial charge in [0.25, 0.3) is 0 Å². The minimum atomic E-state index is -0.427. The number of rotatable bonds is 2. The number of hydrogen-bond donors (Lipinski definition) is 1. The van der Waals surface area contributed by atoms with Crippen molar-refractivity contribution in [2.45, 2.75) is 12.6 Å². The molecule has 0 spiro atoms. The van der Waals surface area contributed by atoms with E-state index in [0.717, 1.165) is 33.6 Å². The number of pyridine rings is 1. The zero-order chi connectivity index (χ0) is 18.4. The lowest BCUT2D eigenvalue weighted by atomic mass is 9.97. The number of primary amides is 1. The van der Waals surface area contributed by atoms with Crippen LogP contribution < -0.4 is 5.73 Å². The molecule has 1 aliphatic rings. The fourth-order valence-corrected chi connectivity index (χ4v) is 3.94. The van der Waals surface area contributed by atoms with Gasteiger partial charge in [0.2, 0.25) is 0 Å². The first kappa shape index (κ1) is 15.6. The predicted molar refractivity (Wildman–Crippen MR) is 104 cm³/mol. The molecule has 4 aromatic rings. The van der Waals surface area contributed by atoms with Gasteiger partial charge in [-0.25, -0.2) is 9.78 Å². The van der Waals surface area contributed by atoms with Gasteiger partial charge in [-0.3, -0.25) is 0 Å². The van der Waals surface area contributed by atoms with Crippen molar-refractivity contribution in [1.29, 1.82) is 0 Å². The van der Waals surface area contributed by atoms with Gasteiger partial charge in [0.05, 0.1) is 11.9 Å². The SMILES string of the molecule is NC(=O)N1Cc2cc(-c3ccccc3)ccc2C1c1cnc2ccccn12. The maximum absolute atomic E-state index is 12.2. The molecule has 0 aliphatic carbocycles. The molecule has 5 nitrogen and oxygen atoms in total. The summed E-state index contributed by atoms with van der Waals surface area (Å²) < 4.78 is 2.01. The Hall–Kier alpha value is -3.60. The molecule has 2 aromatic carbocycles. The number of carbonyl (C=O) groups excluding carboxylic acids is 1. The Morgan fingerprint density at radius 1 is 1.00 bits per heavy atom. The molecule has 5 rings (SSSR count). The average molecular weight is 354 g/mol. The minimum absolute atomic E-state index is 0.236. The Balaban J connectivity index is 1.65. The summed E-state index contributed by atoms with van der Waals surface area (Å²) in [4.78, 5) is 18.4. The number of nitrogens with two attached hydrogens (primary N) is 1. The van der Waals surface area contributed by atoms with Gasteiger partial charge < -0.3 is 15.0 Å². The molecule has 3 heterocycles. The predicted octanol–water partition coefficient (Wildman–Crippen LogP) is 3.99. The summed E-state index contributed by atoms with van der Waals surface area (Å²) >= 11 is 0. The molecule has 0 saturated carbocycles. The molecule has 5 heteroatoms. The number of carbonyl (C=O) groups is 1. The van der Waals surface area contributed by atoms with Crippen molar-refractivity contribution in [3.05, 3.63) is 95.9 Å². The first-order chi connectivity index (χ1) is 13.2. The van der Waals surface area contributed by atoms with Crippen LogP contribution in [0.2, 0.25) is 0 Å². The summed E-state index contributed by atoms with van der Waals surface area (Å²) in [5, 5.41) is 0. The van der Waals surface area contributed by atoms with Crippen LogP contribution in [0.1, 0.15) is 22.9 Å². The summed E-state index contributed by atoms with van der Waals surface area (Å²) in [6.07, 6.45) is 3.79. The molecule has 132 valence electrons. The third kappa shape index (κ3) is 2.47. The van der Waals surface area contributed by atoms with E-state index >= 15 is 0 Å². The van der Waals surface area contributed by atoms with E-state index in [1.165, 1.54) is 0 Å². The van der Waals surface area contributed by atoms with E-state index in [9.17, 15) is 4.79 Å². The zero-order valence-electron chi connectivity index (χ0n) is 14.6. The Kier molecular flexibility index (Phi) is 3.47. The third-order valence-corrected chi connectivity index (χ3v) is 5.21. The van der Waals surface area contributed by atoms with Crippen LogP contribution in [-0.2, 0) is 6.54 Å². The highest BCUT2D eigenvalue weighted by molar-refractivity contribution is 5.75. The van der Waals surface area contributed by atoms with Crippen LogP contribution in [0.25, 0.3) is 16.8 Å². The van der Waals surface area contributed by atoms with Crippen molar-refractivity contribution in [1.82, 2.24) is 14.3 Å². The highest BCUT2D eigenvalue weighted by Crippen LogP contribution is 2.40. The fraction of sp³-hybridized carbons (Fsp3) is 0.0909. The van der Waals surface area contributed by atoms with E-state index in [1.54, 1.807) is 4.90 Å². The molecule has 2 N–H and O–H groups in total. The Labute approximate surface area is 156 Å². The van der Waals surface area contributed by atoms with Gasteiger partial charge in [-0.15, -0.1) is 0 Å². The molecule has 27 heavy (non-hydrogen) atoms. The second-order valence-corrected chi connectivity index (χ2v) is 6.76. The maximum Gasteiger partial charge on any atom is 0.315 e. The van der Waals surface area contributed by atoms with E-state index in [4.69, 9.17) is 5.73 Å². The highest BCUT2D eigenvalue weighted by Gasteiger charge is 2.35. The number of urea groups is 1. The second kappa shape index (κ2) is 5.99. The van der Waals surface area contributed by atoms with Crippen molar-refractivity contribution < 1.29 is 4.79 Å². The van der Waals surface area contributed by atoms with Gasteiger partial charge in [-0.2, -0.15) is 0 Å². The highest BCUT2D eigenvalue weighted by atomic mass is 16.2. The zero-order valence-corrected chi connectivity index (χ0v) is 14.6. The van der Waals surface area contributed by atoms with Crippen molar-refractivity contribution in [2.24, 2.45) is 5.73 Å². The lowest BCUT2D eigenvalue weighted by molar-refractivity contribution is 0.198. The topological polar surface area (TPSA) is 63.6 Å². The lowest BCUT2D eigenvalue weighted by Gasteiger charge is -2.23. The number of nitrogens with zero attached hydrogens (tertiary/aromatic N) is 3. The van der Waals surface area contributed by atoms with E-state index in [0.29, 0.717) is 6.54 Å². The quantitative estimate of drug-likeness (QED) is 0.592. The van der Waals surface area contributed by atoms with Gasteiger partial charge in [-0.05, 0) is 40.5 Å². The molecule has 0 saturated heterocycles. The standard InChI is InChI=1S/C22H18N4O/c23-22(27)26-14-17-12-16(15-6-2-1-3-7-15)9-10-18(17)21(26)19-13-24-20-8-4-5-11-25(19)20/h1-13,21H,14H2,(H2,23,27). The number of fused-ring (bicyclic) bond motifs is 2. The number of imidazole rings is 1. The monoisotopic (exact) mass is 354 g/mol. The molecule has 1 unspecified atom stereocenters. The van der Waals surface area contributed by atoms with Crippen molar-refractivity contribution in [2.75, 3.05) is 0 Å². The molecule has 2 amide bonds. The summed E-state index contributed by atoms with van der Waals surface area (Å²) in [6.45, 7) is 0.496. The van der Waals surface area contributed by atoms with Crippen LogP contribution in [0.3, 0.4) is 0 Å². The first-order valence-corrected chi connectivity index (χ1v) is 8.89. The number of amides is 2. The van der Waals surface area contributed by atoms with E-state index in [1.807, 2.05) is 53.2 Å². The van der Waals surface area contributed by atoms with Crippen molar-refractivity contribution >= 4 is 11.7 Å². The van der Waals surface area contributed by atoms with Gasteiger partial charge in [0.15, 0.2) is 0 Å². The number of benzene rings is 2. The van der Waals surface area contributed by atoms with Gasteiger partial charge in [0, 0.05) is 12.7 Å². The number of hydrogen-bond acceptors (Lipinski definition) is 2. The van der Waals surface area contributed by atoms with Crippen LogP contribution >= 0.6 is 0 Å². The van der Waals surface area contributed by atoms with E-state index < -0.39 is 6.03 Å². The van der Waals surface area contributed by atoms with Crippen LogP contribution in [-0.4, -0.2) is 20.3 Å². The number of aromatic nitrogens is 2. The minimum Gasteiger partial charge on any atom is -0.351 e. The normalized spacial score (nSPS) is 15.9. The largest absolute Gasteiger partial charge is 0.351 e. The Morgan fingerprint density at radius 3 is 2.63 bits per heavy atom. The van der Waals surface area contributed by atoms with Gasteiger partial charge in [0.1, 0.15) is 11.7 Å². The third-order valence-electron chi connectivity index (χ3n) is 5.21. The lowest BCUT2D eigenvalue weighted by Crippen LogP contribution is -2.35. The summed E-state index contributed by atoms with van der Waals surface area (Å²) in [5.41, 5.74) is 12.0. The smallest absolute Gasteiger partial charge is 0.315 e. The molecule has 1 atom stereocenters. The first-order valence-electron chi connectivity index (χ1n) is 8.89. The molecule has 2 aromatic heterocycles. The van der Waals surface area contributed by atoms with Crippen LogP contribution in [0.5, 0.6) is 0 Å². The maximum atomic E-state index is 12.2. The van der Waals surface area contributed by atoms with Crippen LogP contribution in [0.15, 0.2) is 79.1 Å². The summed E-state index contributed by atoms with van der Waals surface area (Å²) in [7, 11) is 0. The van der Waals surface area contributed by atoms with Crippen molar-refractivity contribution in [3.8, 4) is 11.1 Å². The second-order valence-electron chi connectivity index (χ2n) is 6.76. The molecule has 0 fully saturated rings. The van der Waals surface area contributed by atoms with E-state index in [2.05, 4.69) is 35.3 Å². The average Bonchev–Trinajstić information content (AvgIpc) is 3.29. The molecule has 0 bridgehead atoms. The Morgan fingerprint density at radius 2 is 1.81 bits per heavy atom. The molecule has 0 radical (unpaired) electrons. The van der Waals surface area contributed by atoms with Crippen LogP contribution in [0.4, 0.5) is 4.79 Å². The van der Waals surface area contributed by atoms with Crippen molar-refractivity contribution in [3.63, 3.8) is 0 Å². The Bertz CT molecular complexity index is 1150. The van der Waals surface area contributed by atoms with Gasteiger partial charge >= 0.3 is 6.03 Å². The van der Waals surface area contributed by atoms with Crippen LogP contribution in [0, 0.1) is 0 Å². The van der Waals surface area contributed by atoms with Gasteiger partial charge in [-0.1, -0.05) is 48.5 Å². The molecular formula is C22H18N4O. The fourth-order valence-electron chi connectivity index (χ4n) is 3.94. The molecular weight excluding hydrogens is 336 g/mol. The summed E-state index contributed by atoms with van der Waals surface area (Å²) in [5.74, 6) is 0. The summed E-state index contributed by atoms with van der Waals surface area (Å²) in [6, 6.07) is 21.8.